The van der Waals surface area contributed by atoms with Crippen molar-refractivity contribution in [1.82, 2.24) is 5.32 Å². The van der Waals surface area contributed by atoms with Crippen LogP contribution in [0.2, 0.25) is 0 Å². The first-order valence-electron chi connectivity index (χ1n) is 9.41. The average molecular weight is 367 g/mol. The van der Waals surface area contributed by atoms with E-state index in [0.717, 1.165) is 19.5 Å². The van der Waals surface area contributed by atoms with E-state index in [4.69, 9.17) is 0 Å². The first-order chi connectivity index (χ1) is 13.1. The standard InChI is InChI=1S/C21H25N3O3/c1-16(18-8-6-9-19(15-18)24(26)27)21(25)22-12-11-17-7-2-3-10-20(17)23-13-4-5-14-23/h2-3,6-10,15-16H,4-5,11-14H2,1H3,(H,22,25). The Bertz CT molecular complexity index is 816. The fraction of sp³-hybridized carbons (Fsp3) is 0.381. The number of rotatable bonds is 7. The van der Waals surface area contributed by atoms with Gasteiger partial charge < -0.3 is 10.2 Å². The van der Waals surface area contributed by atoms with Crippen molar-refractivity contribution >= 4 is 17.3 Å². The number of nitro groups is 1. The van der Waals surface area contributed by atoms with Gasteiger partial charge in [0.05, 0.1) is 10.8 Å². The zero-order valence-corrected chi connectivity index (χ0v) is 15.6. The number of nitrogens with zero attached hydrogens (tertiary/aromatic N) is 2. The van der Waals surface area contributed by atoms with Gasteiger partial charge >= 0.3 is 0 Å². The van der Waals surface area contributed by atoms with Gasteiger partial charge in [-0.2, -0.15) is 0 Å². The van der Waals surface area contributed by atoms with Gasteiger partial charge in [-0.25, -0.2) is 0 Å². The highest BCUT2D eigenvalue weighted by Gasteiger charge is 2.18. The molecule has 0 saturated carbocycles. The first-order valence-corrected chi connectivity index (χ1v) is 9.41. The molecule has 1 aliphatic rings. The summed E-state index contributed by atoms with van der Waals surface area (Å²) < 4.78 is 0. The van der Waals surface area contributed by atoms with Crippen LogP contribution in [0.4, 0.5) is 11.4 Å². The summed E-state index contributed by atoms with van der Waals surface area (Å²) in [5.74, 6) is -0.548. The third-order valence-corrected chi connectivity index (χ3v) is 5.11. The number of para-hydroxylation sites is 1. The number of anilines is 1. The Balaban J connectivity index is 1.58. The average Bonchev–Trinajstić information content (AvgIpc) is 3.22. The summed E-state index contributed by atoms with van der Waals surface area (Å²) in [7, 11) is 0. The molecule has 1 N–H and O–H groups in total. The lowest BCUT2D eigenvalue weighted by Crippen LogP contribution is -2.30. The molecule has 1 fully saturated rings. The number of benzene rings is 2. The number of nitrogens with one attached hydrogen (secondary N) is 1. The summed E-state index contributed by atoms with van der Waals surface area (Å²) in [5.41, 5.74) is 3.16. The number of hydrogen-bond donors (Lipinski definition) is 1. The molecule has 1 amide bonds. The van der Waals surface area contributed by atoms with E-state index in [9.17, 15) is 14.9 Å². The highest BCUT2D eigenvalue weighted by atomic mass is 16.6. The minimum Gasteiger partial charge on any atom is -0.371 e. The maximum absolute atomic E-state index is 12.5. The molecule has 1 atom stereocenters. The van der Waals surface area contributed by atoms with E-state index < -0.39 is 10.8 Å². The molecule has 0 aliphatic carbocycles. The zero-order chi connectivity index (χ0) is 19.2. The maximum atomic E-state index is 12.5. The van der Waals surface area contributed by atoms with Crippen LogP contribution in [0.15, 0.2) is 48.5 Å². The molecule has 2 aromatic carbocycles. The number of carbonyl (C=O) groups excluding carboxylic acids is 1. The van der Waals surface area contributed by atoms with Crippen LogP contribution < -0.4 is 10.2 Å². The second-order valence-electron chi connectivity index (χ2n) is 6.94. The molecule has 27 heavy (non-hydrogen) atoms. The molecule has 1 aliphatic heterocycles. The molecular formula is C21H25N3O3. The molecule has 1 saturated heterocycles. The molecule has 142 valence electrons. The lowest BCUT2D eigenvalue weighted by molar-refractivity contribution is -0.384. The number of amides is 1. The van der Waals surface area contributed by atoms with Crippen LogP contribution in [0.25, 0.3) is 0 Å². The van der Waals surface area contributed by atoms with Crippen LogP contribution >= 0.6 is 0 Å². The number of carbonyl (C=O) groups is 1. The third kappa shape index (κ3) is 4.64. The van der Waals surface area contributed by atoms with Crippen LogP contribution in [-0.2, 0) is 11.2 Å². The monoisotopic (exact) mass is 367 g/mol. The Morgan fingerprint density at radius 2 is 1.93 bits per heavy atom. The summed E-state index contributed by atoms with van der Waals surface area (Å²) in [4.78, 5) is 25.3. The molecule has 0 spiro atoms. The van der Waals surface area contributed by atoms with Crippen LogP contribution in [0.1, 0.15) is 36.8 Å². The van der Waals surface area contributed by atoms with Crippen molar-refractivity contribution in [1.29, 1.82) is 0 Å². The smallest absolute Gasteiger partial charge is 0.269 e. The van der Waals surface area contributed by atoms with Gasteiger partial charge in [-0.3, -0.25) is 14.9 Å². The number of nitro benzene ring substituents is 1. The Morgan fingerprint density at radius 1 is 1.19 bits per heavy atom. The van der Waals surface area contributed by atoms with Gasteiger partial charge in [0.25, 0.3) is 5.69 Å². The van der Waals surface area contributed by atoms with Crippen molar-refractivity contribution in [3.8, 4) is 0 Å². The third-order valence-electron chi connectivity index (χ3n) is 5.11. The first kappa shape index (κ1) is 18.9. The minimum absolute atomic E-state index is 0.00619. The highest BCUT2D eigenvalue weighted by molar-refractivity contribution is 5.83. The molecule has 2 aromatic rings. The molecule has 0 bridgehead atoms. The van der Waals surface area contributed by atoms with Crippen molar-refractivity contribution in [2.75, 3.05) is 24.5 Å². The van der Waals surface area contributed by atoms with Crippen molar-refractivity contribution < 1.29 is 9.72 Å². The number of hydrogen-bond acceptors (Lipinski definition) is 4. The Labute approximate surface area is 159 Å². The lowest BCUT2D eigenvalue weighted by Gasteiger charge is -2.21. The van der Waals surface area contributed by atoms with Crippen LogP contribution in [0.5, 0.6) is 0 Å². The highest BCUT2D eigenvalue weighted by Crippen LogP contribution is 2.25. The van der Waals surface area contributed by atoms with Gasteiger partial charge in [-0.15, -0.1) is 0 Å². The van der Waals surface area contributed by atoms with Crippen molar-refractivity contribution in [3.63, 3.8) is 0 Å². The van der Waals surface area contributed by atoms with E-state index in [1.807, 2.05) is 6.07 Å². The largest absolute Gasteiger partial charge is 0.371 e. The second-order valence-corrected chi connectivity index (χ2v) is 6.94. The van der Waals surface area contributed by atoms with Gasteiger partial charge in [0.2, 0.25) is 5.91 Å². The van der Waals surface area contributed by atoms with E-state index in [1.54, 1.807) is 19.1 Å². The fourth-order valence-corrected chi connectivity index (χ4v) is 3.52. The molecule has 1 heterocycles. The quantitative estimate of drug-likeness (QED) is 0.599. The molecule has 0 radical (unpaired) electrons. The SMILES string of the molecule is CC(C(=O)NCCc1ccccc1N1CCCC1)c1cccc([N+](=O)[O-])c1. The molecule has 3 rings (SSSR count). The van der Waals surface area contributed by atoms with Crippen LogP contribution in [0, 0.1) is 10.1 Å². The predicted octanol–water partition coefficient (Wildman–Crippen LogP) is 3.66. The van der Waals surface area contributed by atoms with Gasteiger partial charge in [-0.1, -0.05) is 30.3 Å². The summed E-state index contributed by atoms with van der Waals surface area (Å²) in [5, 5.41) is 13.9. The molecular weight excluding hydrogens is 342 g/mol. The fourth-order valence-electron chi connectivity index (χ4n) is 3.52. The second kappa shape index (κ2) is 8.66. The van der Waals surface area contributed by atoms with E-state index in [0.29, 0.717) is 12.1 Å². The molecule has 6 heteroatoms. The van der Waals surface area contributed by atoms with Crippen LogP contribution in [0.3, 0.4) is 0 Å². The predicted molar refractivity (Wildman–Crippen MR) is 106 cm³/mol. The van der Waals surface area contributed by atoms with E-state index in [-0.39, 0.29) is 11.6 Å². The Hall–Kier alpha value is -2.89. The number of non-ortho nitro benzene ring substituents is 1. The summed E-state index contributed by atoms with van der Waals surface area (Å²) in [6, 6.07) is 14.6. The zero-order valence-electron chi connectivity index (χ0n) is 15.6. The summed E-state index contributed by atoms with van der Waals surface area (Å²) in [6.07, 6.45) is 3.22. The Morgan fingerprint density at radius 3 is 2.67 bits per heavy atom. The minimum atomic E-state index is -0.441. The summed E-state index contributed by atoms with van der Waals surface area (Å²) >= 11 is 0. The van der Waals surface area contributed by atoms with E-state index >= 15 is 0 Å². The lowest BCUT2D eigenvalue weighted by atomic mass is 9.99. The van der Waals surface area contributed by atoms with Crippen molar-refractivity contribution in [2.45, 2.75) is 32.1 Å². The van der Waals surface area contributed by atoms with Crippen molar-refractivity contribution in [3.05, 3.63) is 69.8 Å². The van der Waals surface area contributed by atoms with Gasteiger partial charge in [0, 0.05) is 37.5 Å². The summed E-state index contributed by atoms with van der Waals surface area (Å²) in [6.45, 7) is 4.50. The normalized spacial score (nSPS) is 14.8. The van der Waals surface area contributed by atoms with Crippen molar-refractivity contribution in [2.24, 2.45) is 0 Å². The van der Waals surface area contributed by atoms with Gasteiger partial charge in [0.15, 0.2) is 0 Å². The maximum Gasteiger partial charge on any atom is 0.269 e. The van der Waals surface area contributed by atoms with E-state index in [1.165, 1.54) is 36.2 Å². The molecule has 6 nitrogen and oxygen atoms in total. The van der Waals surface area contributed by atoms with E-state index in [2.05, 4.69) is 28.4 Å². The van der Waals surface area contributed by atoms with Crippen LogP contribution in [-0.4, -0.2) is 30.5 Å². The Kier molecular flexibility index (Phi) is 6.06. The molecule has 1 unspecified atom stereocenters. The van der Waals surface area contributed by atoms with Gasteiger partial charge in [0.1, 0.15) is 0 Å². The topological polar surface area (TPSA) is 75.5 Å². The molecule has 0 aromatic heterocycles. The van der Waals surface area contributed by atoms with Gasteiger partial charge in [-0.05, 0) is 43.4 Å².